The molecule has 2 aromatic rings. The van der Waals surface area contributed by atoms with Gasteiger partial charge in [-0.15, -0.1) is 11.3 Å². The lowest BCUT2D eigenvalue weighted by molar-refractivity contribution is -0.154. The third-order valence-corrected chi connectivity index (χ3v) is 3.56. The van der Waals surface area contributed by atoms with Gasteiger partial charge in [-0.25, -0.2) is 14.8 Å². The highest BCUT2D eigenvalue weighted by Gasteiger charge is 2.28. The normalized spacial score (nSPS) is 11.2. The number of thiazole rings is 1. The van der Waals surface area contributed by atoms with E-state index in [9.17, 15) is 18.0 Å². The zero-order chi connectivity index (χ0) is 17.6. The highest BCUT2D eigenvalue weighted by atomic mass is 32.1. The van der Waals surface area contributed by atoms with Gasteiger partial charge in [-0.05, 0) is 18.6 Å². The molecule has 2 rings (SSSR count). The largest absolute Gasteiger partial charge is 0.468 e. The maximum atomic E-state index is 12.1. The molecule has 130 valence electrons. The number of nitrogens with zero attached hydrogens (tertiary/aromatic N) is 2. The lowest BCUT2D eigenvalue weighted by atomic mass is 10.2. The Morgan fingerprint density at radius 2 is 2.08 bits per heavy atom. The number of alkyl halides is 3. The number of urea groups is 1. The average molecular weight is 360 g/mol. The van der Waals surface area contributed by atoms with Crippen LogP contribution in [0.1, 0.15) is 16.3 Å². The lowest BCUT2D eigenvalue weighted by Crippen LogP contribution is -2.34. The van der Waals surface area contributed by atoms with E-state index in [2.05, 4.69) is 25.3 Å². The van der Waals surface area contributed by atoms with E-state index in [4.69, 9.17) is 0 Å². The Kier molecular flexibility index (Phi) is 5.96. The molecule has 0 aromatic carbocycles. The van der Waals surface area contributed by atoms with Crippen molar-refractivity contribution in [3.05, 3.63) is 40.0 Å². The summed E-state index contributed by atoms with van der Waals surface area (Å²) in [5.41, 5.74) is 1.33. The Bertz CT molecular complexity index is 691. The van der Waals surface area contributed by atoms with Crippen molar-refractivity contribution in [3.63, 3.8) is 0 Å². The number of rotatable bonds is 6. The van der Waals surface area contributed by atoms with Gasteiger partial charge in [0, 0.05) is 24.2 Å². The van der Waals surface area contributed by atoms with Crippen LogP contribution in [-0.4, -0.2) is 28.8 Å². The van der Waals surface area contributed by atoms with E-state index in [1.807, 2.05) is 12.3 Å². The molecule has 0 saturated carbocycles. The number of carbonyl (C=O) groups is 1. The third-order valence-electron chi connectivity index (χ3n) is 2.73. The number of halogens is 3. The van der Waals surface area contributed by atoms with Crippen molar-refractivity contribution in [2.24, 2.45) is 0 Å². The first kappa shape index (κ1) is 18.0. The van der Waals surface area contributed by atoms with Gasteiger partial charge in [0.1, 0.15) is 0 Å². The summed E-state index contributed by atoms with van der Waals surface area (Å²) in [7, 11) is 0. The van der Waals surface area contributed by atoms with Crippen molar-refractivity contribution in [1.29, 1.82) is 0 Å². The van der Waals surface area contributed by atoms with E-state index in [1.54, 1.807) is 6.07 Å². The summed E-state index contributed by atoms with van der Waals surface area (Å²) in [4.78, 5) is 19.6. The fourth-order valence-electron chi connectivity index (χ4n) is 1.70. The molecule has 24 heavy (non-hydrogen) atoms. The minimum absolute atomic E-state index is 0.132. The quantitative estimate of drug-likeness (QED) is 0.831. The Hall–Kier alpha value is -2.36. The standard InChI is InChI=1S/C14H15F3N4O2S/c1-9-21-11(7-24-9)6-20-13(22)19-5-10-2-3-18-12(4-10)23-8-14(15,16)17/h2-4,7H,5-6,8H2,1H3,(H2,19,20,22). The SMILES string of the molecule is Cc1nc(CNC(=O)NCc2ccnc(OCC(F)(F)F)c2)cs1. The number of hydrogen-bond donors (Lipinski definition) is 2. The van der Waals surface area contributed by atoms with Crippen LogP contribution in [0, 0.1) is 6.92 Å². The van der Waals surface area contributed by atoms with Crippen molar-refractivity contribution in [2.75, 3.05) is 6.61 Å². The molecular weight excluding hydrogens is 345 g/mol. The van der Waals surface area contributed by atoms with Crippen LogP contribution >= 0.6 is 11.3 Å². The second kappa shape index (κ2) is 7.95. The van der Waals surface area contributed by atoms with Crippen LogP contribution < -0.4 is 15.4 Å². The van der Waals surface area contributed by atoms with Crippen molar-refractivity contribution in [1.82, 2.24) is 20.6 Å². The van der Waals surface area contributed by atoms with Gasteiger partial charge in [-0.2, -0.15) is 13.2 Å². The number of aryl methyl sites for hydroxylation is 1. The van der Waals surface area contributed by atoms with Crippen LogP contribution in [0.2, 0.25) is 0 Å². The Morgan fingerprint density at radius 1 is 1.33 bits per heavy atom. The highest BCUT2D eigenvalue weighted by Crippen LogP contribution is 2.17. The van der Waals surface area contributed by atoms with Gasteiger partial charge in [-0.3, -0.25) is 0 Å². The maximum absolute atomic E-state index is 12.1. The van der Waals surface area contributed by atoms with Gasteiger partial charge in [0.05, 0.1) is 17.2 Å². The molecule has 2 heterocycles. The van der Waals surface area contributed by atoms with E-state index in [1.165, 1.54) is 23.6 Å². The molecule has 0 spiro atoms. The van der Waals surface area contributed by atoms with Crippen LogP contribution in [-0.2, 0) is 13.1 Å². The summed E-state index contributed by atoms with van der Waals surface area (Å²) in [5.74, 6) is -0.148. The summed E-state index contributed by atoms with van der Waals surface area (Å²) in [6, 6.07) is 2.51. The van der Waals surface area contributed by atoms with Crippen molar-refractivity contribution in [3.8, 4) is 5.88 Å². The number of pyridine rings is 1. The smallest absolute Gasteiger partial charge is 0.422 e. The summed E-state index contributed by atoms with van der Waals surface area (Å²) < 4.78 is 40.9. The molecule has 0 aliphatic heterocycles. The van der Waals surface area contributed by atoms with Crippen molar-refractivity contribution < 1.29 is 22.7 Å². The zero-order valence-electron chi connectivity index (χ0n) is 12.7. The fraction of sp³-hybridized carbons (Fsp3) is 0.357. The van der Waals surface area contributed by atoms with E-state index in [-0.39, 0.29) is 12.4 Å². The molecule has 0 unspecified atom stereocenters. The van der Waals surface area contributed by atoms with Gasteiger partial charge < -0.3 is 15.4 Å². The summed E-state index contributed by atoms with van der Waals surface area (Å²) >= 11 is 1.49. The molecule has 0 radical (unpaired) electrons. The second-order valence-electron chi connectivity index (χ2n) is 4.80. The number of carbonyl (C=O) groups excluding carboxylic acids is 1. The van der Waals surface area contributed by atoms with E-state index >= 15 is 0 Å². The topological polar surface area (TPSA) is 76.1 Å². The van der Waals surface area contributed by atoms with Crippen LogP contribution in [0.25, 0.3) is 0 Å². The summed E-state index contributed by atoms with van der Waals surface area (Å²) in [6.45, 7) is 0.889. The number of hydrogen-bond acceptors (Lipinski definition) is 5. The van der Waals surface area contributed by atoms with E-state index < -0.39 is 18.8 Å². The fourth-order valence-corrected chi connectivity index (χ4v) is 2.31. The van der Waals surface area contributed by atoms with Gasteiger partial charge in [-0.1, -0.05) is 0 Å². The van der Waals surface area contributed by atoms with Crippen LogP contribution in [0.5, 0.6) is 5.88 Å². The average Bonchev–Trinajstić information content (AvgIpc) is 2.94. The summed E-state index contributed by atoms with van der Waals surface area (Å²) in [6.07, 6.45) is -3.11. The monoisotopic (exact) mass is 360 g/mol. The van der Waals surface area contributed by atoms with E-state index in [0.29, 0.717) is 12.1 Å². The number of amides is 2. The van der Waals surface area contributed by atoms with Crippen molar-refractivity contribution in [2.45, 2.75) is 26.2 Å². The van der Waals surface area contributed by atoms with Crippen molar-refractivity contribution >= 4 is 17.4 Å². The van der Waals surface area contributed by atoms with Gasteiger partial charge in [0.25, 0.3) is 0 Å². The molecule has 6 nitrogen and oxygen atoms in total. The minimum Gasteiger partial charge on any atom is -0.468 e. The van der Waals surface area contributed by atoms with Crippen LogP contribution in [0.15, 0.2) is 23.7 Å². The van der Waals surface area contributed by atoms with Gasteiger partial charge in [0.2, 0.25) is 5.88 Å². The predicted octanol–water partition coefficient (Wildman–Crippen LogP) is 2.79. The Balaban J connectivity index is 1.77. The Morgan fingerprint density at radius 3 is 2.75 bits per heavy atom. The first-order chi connectivity index (χ1) is 11.3. The molecule has 2 N–H and O–H groups in total. The van der Waals surface area contributed by atoms with Gasteiger partial charge >= 0.3 is 12.2 Å². The number of ether oxygens (including phenoxy) is 1. The van der Waals surface area contributed by atoms with E-state index in [0.717, 1.165) is 10.7 Å². The maximum Gasteiger partial charge on any atom is 0.422 e. The molecule has 2 amide bonds. The second-order valence-corrected chi connectivity index (χ2v) is 5.86. The van der Waals surface area contributed by atoms with Crippen LogP contribution in [0.4, 0.5) is 18.0 Å². The predicted molar refractivity (Wildman–Crippen MR) is 81.7 cm³/mol. The Labute approximate surface area is 140 Å². The van der Waals surface area contributed by atoms with Crippen LogP contribution in [0.3, 0.4) is 0 Å². The minimum atomic E-state index is -4.43. The highest BCUT2D eigenvalue weighted by molar-refractivity contribution is 7.09. The molecule has 10 heteroatoms. The first-order valence-electron chi connectivity index (χ1n) is 6.89. The van der Waals surface area contributed by atoms with Gasteiger partial charge in [0.15, 0.2) is 6.61 Å². The number of nitrogens with one attached hydrogen (secondary N) is 2. The lowest BCUT2D eigenvalue weighted by Gasteiger charge is -2.10. The first-order valence-corrected chi connectivity index (χ1v) is 7.77. The molecule has 2 aromatic heterocycles. The summed E-state index contributed by atoms with van der Waals surface area (Å²) in [5, 5.41) is 8.00. The molecular formula is C14H15F3N4O2S. The molecule has 0 saturated heterocycles. The molecule has 0 atom stereocenters. The molecule has 0 aliphatic rings. The molecule has 0 aliphatic carbocycles. The number of aromatic nitrogens is 2. The third kappa shape index (κ3) is 6.41. The molecule has 0 fully saturated rings. The zero-order valence-corrected chi connectivity index (χ0v) is 13.5. The molecule has 0 bridgehead atoms.